The maximum atomic E-state index is 5.99. The molecule has 0 unspecified atom stereocenters. The zero-order chi connectivity index (χ0) is 13.5. The second-order valence-electron chi connectivity index (χ2n) is 4.77. The molecule has 1 aromatic heterocycles. The summed E-state index contributed by atoms with van der Waals surface area (Å²) in [6.45, 7) is 4.65. The van der Waals surface area contributed by atoms with Crippen LogP contribution in [0, 0.1) is 0 Å². The van der Waals surface area contributed by atoms with Gasteiger partial charge in [-0.3, -0.25) is 0 Å². The van der Waals surface area contributed by atoms with Gasteiger partial charge in [-0.2, -0.15) is 0 Å². The molecule has 0 aliphatic heterocycles. The van der Waals surface area contributed by atoms with E-state index in [1.807, 2.05) is 12.1 Å². The fourth-order valence-corrected chi connectivity index (χ4v) is 2.27. The van der Waals surface area contributed by atoms with Gasteiger partial charge in [0, 0.05) is 37.6 Å². The number of benzene rings is 1. The van der Waals surface area contributed by atoms with Gasteiger partial charge in [0.1, 0.15) is 11.3 Å². The summed E-state index contributed by atoms with van der Waals surface area (Å²) < 4.78 is 11.0. The summed E-state index contributed by atoms with van der Waals surface area (Å²) in [7, 11) is 1.72. The Morgan fingerprint density at radius 3 is 2.89 bits per heavy atom. The summed E-state index contributed by atoms with van der Waals surface area (Å²) >= 11 is 0. The van der Waals surface area contributed by atoms with Gasteiger partial charge in [0.15, 0.2) is 0 Å². The molecule has 0 saturated heterocycles. The molecule has 0 atom stereocenters. The Balaban J connectivity index is 2.16. The van der Waals surface area contributed by atoms with Gasteiger partial charge >= 0.3 is 0 Å². The number of rotatable bonds is 8. The van der Waals surface area contributed by atoms with Gasteiger partial charge in [-0.1, -0.05) is 31.5 Å². The van der Waals surface area contributed by atoms with Crippen LogP contribution in [0.15, 0.2) is 28.7 Å². The smallest absolute Gasteiger partial charge is 0.134 e. The van der Waals surface area contributed by atoms with E-state index in [4.69, 9.17) is 9.15 Å². The van der Waals surface area contributed by atoms with Gasteiger partial charge in [0.05, 0.1) is 6.61 Å². The number of nitrogens with one attached hydrogen (secondary N) is 1. The molecule has 19 heavy (non-hydrogen) atoms. The average molecular weight is 261 g/mol. The number of hydrogen-bond acceptors (Lipinski definition) is 3. The molecule has 1 N–H and O–H groups in total. The number of furan rings is 1. The summed E-state index contributed by atoms with van der Waals surface area (Å²) in [5.41, 5.74) is 2.30. The molecule has 104 valence electrons. The molecule has 2 rings (SSSR count). The third kappa shape index (κ3) is 3.58. The van der Waals surface area contributed by atoms with Crippen LogP contribution in [0.2, 0.25) is 0 Å². The average Bonchev–Trinajstić information content (AvgIpc) is 2.79. The molecule has 2 aromatic rings. The summed E-state index contributed by atoms with van der Waals surface area (Å²) in [5, 5.41) is 4.65. The fourth-order valence-electron chi connectivity index (χ4n) is 2.27. The summed E-state index contributed by atoms with van der Waals surface area (Å²) in [4.78, 5) is 0. The normalized spacial score (nSPS) is 11.3. The molecule has 0 fully saturated rings. The van der Waals surface area contributed by atoms with E-state index in [0.29, 0.717) is 0 Å². The van der Waals surface area contributed by atoms with Gasteiger partial charge in [-0.15, -0.1) is 0 Å². The minimum atomic E-state index is 0.736. The Bertz CT molecular complexity index is 504. The van der Waals surface area contributed by atoms with Crippen molar-refractivity contribution in [1.29, 1.82) is 0 Å². The Morgan fingerprint density at radius 1 is 1.26 bits per heavy atom. The molecular weight excluding hydrogens is 238 g/mol. The summed E-state index contributed by atoms with van der Waals surface area (Å²) in [6, 6.07) is 8.28. The fraction of sp³-hybridized carbons (Fsp3) is 0.500. The second kappa shape index (κ2) is 7.31. The standard InChI is InChI=1S/C16H23NO2/c1-3-4-8-16-14(12-17-10-11-18-2)13-7-5-6-9-15(13)19-16/h5-7,9,17H,3-4,8,10-12H2,1-2H3. The van der Waals surface area contributed by atoms with Crippen LogP contribution in [0.4, 0.5) is 0 Å². The van der Waals surface area contributed by atoms with Crippen molar-refractivity contribution in [3.8, 4) is 0 Å². The molecule has 3 heteroatoms. The molecule has 0 spiro atoms. The van der Waals surface area contributed by atoms with Crippen molar-refractivity contribution in [1.82, 2.24) is 5.32 Å². The molecule has 0 aliphatic rings. The lowest BCUT2D eigenvalue weighted by molar-refractivity contribution is 0.199. The van der Waals surface area contributed by atoms with E-state index in [0.717, 1.165) is 37.5 Å². The lowest BCUT2D eigenvalue weighted by Crippen LogP contribution is -2.19. The van der Waals surface area contributed by atoms with Crippen molar-refractivity contribution in [2.75, 3.05) is 20.3 Å². The van der Waals surface area contributed by atoms with Gasteiger partial charge in [-0.05, 0) is 12.5 Å². The maximum absolute atomic E-state index is 5.99. The first-order valence-corrected chi connectivity index (χ1v) is 7.05. The van der Waals surface area contributed by atoms with Crippen LogP contribution in [-0.2, 0) is 17.7 Å². The van der Waals surface area contributed by atoms with Crippen molar-refractivity contribution in [2.45, 2.75) is 32.7 Å². The Hall–Kier alpha value is -1.32. The van der Waals surface area contributed by atoms with E-state index in [2.05, 4.69) is 24.4 Å². The Labute approximate surface area is 114 Å². The molecule has 0 saturated carbocycles. The van der Waals surface area contributed by atoms with Crippen LogP contribution in [-0.4, -0.2) is 20.3 Å². The van der Waals surface area contributed by atoms with E-state index in [9.17, 15) is 0 Å². The van der Waals surface area contributed by atoms with Gasteiger partial charge in [-0.25, -0.2) is 0 Å². The van der Waals surface area contributed by atoms with Crippen molar-refractivity contribution >= 4 is 11.0 Å². The molecule has 1 aromatic carbocycles. The molecule has 3 nitrogen and oxygen atoms in total. The zero-order valence-electron chi connectivity index (χ0n) is 11.9. The van der Waals surface area contributed by atoms with E-state index in [1.165, 1.54) is 23.8 Å². The first-order valence-electron chi connectivity index (χ1n) is 7.05. The number of para-hydroxylation sites is 1. The van der Waals surface area contributed by atoms with E-state index < -0.39 is 0 Å². The van der Waals surface area contributed by atoms with Crippen LogP contribution >= 0.6 is 0 Å². The highest BCUT2D eigenvalue weighted by Gasteiger charge is 2.12. The topological polar surface area (TPSA) is 34.4 Å². The van der Waals surface area contributed by atoms with Crippen LogP contribution < -0.4 is 5.32 Å². The van der Waals surface area contributed by atoms with Gasteiger partial charge < -0.3 is 14.5 Å². The molecule has 0 radical (unpaired) electrons. The second-order valence-corrected chi connectivity index (χ2v) is 4.77. The quantitative estimate of drug-likeness (QED) is 0.738. The number of hydrogen-bond donors (Lipinski definition) is 1. The first-order chi connectivity index (χ1) is 9.36. The van der Waals surface area contributed by atoms with Crippen molar-refractivity contribution in [3.63, 3.8) is 0 Å². The Kier molecular flexibility index (Phi) is 5.43. The molecule has 1 heterocycles. The van der Waals surface area contributed by atoms with Crippen molar-refractivity contribution < 1.29 is 9.15 Å². The number of unbranched alkanes of at least 4 members (excludes halogenated alkanes) is 1. The summed E-state index contributed by atoms with van der Waals surface area (Å²) in [6.07, 6.45) is 3.38. The van der Waals surface area contributed by atoms with Gasteiger partial charge in [0.25, 0.3) is 0 Å². The third-order valence-corrected chi connectivity index (χ3v) is 3.32. The van der Waals surface area contributed by atoms with Crippen LogP contribution in [0.5, 0.6) is 0 Å². The summed E-state index contributed by atoms with van der Waals surface area (Å²) in [5.74, 6) is 1.13. The van der Waals surface area contributed by atoms with Crippen LogP contribution in [0.3, 0.4) is 0 Å². The predicted octanol–water partition coefficient (Wildman–Crippen LogP) is 3.51. The molecule has 0 bridgehead atoms. The molecule has 0 amide bonds. The highest BCUT2D eigenvalue weighted by atomic mass is 16.5. The van der Waals surface area contributed by atoms with E-state index in [1.54, 1.807) is 7.11 Å². The van der Waals surface area contributed by atoms with Crippen LogP contribution in [0.1, 0.15) is 31.1 Å². The maximum Gasteiger partial charge on any atom is 0.134 e. The lowest BCUT2D eigenvalue weighted by Gasteiger charge is -2.05. The zero-order valence-corrected chi connectivity index (χ0v) is 11.9. The van der Waals surface area contributed by atoms with Crippen molar-refractivity contribution in [2.24, 2.45) is 0 Å². The predicted molar refractivity (Wildman–Crippen MR) is 78.4 cm³/mol. The van der Waals surface area contributed by atoms with Crippen molar-refractivity contribution in [3.05, 3.63) is 35.6 Å². The largest absolute Gasteiger partial charge is 0.461 e. The third-order valence-electron chi connectivity index (χ3n) is 3.32. The molecular formula is C16H23NO2. The number of methoxy groups -OCH3 is 1. The van der Waals surface area contributed by atoms with Gasteiger partial charge in [0.2, 0.25) is 0 Å². The lowest BCUT2D eigenvalue weighted by atomic mass is 10.1. The SMILES string of the molecule is CCCCc1oc2ccccc2c1CNCCOC. The monoisotopic (exact) mass is 261 g/mol. The number of ether oxygens (including phenoxy) is 1. The Morgan fingerprint density at radius 2 is 2.11 bits per heavy atom. The highest BCUT2D eigenvalue weighted by molar-refractivity contribution is 5.82. The minimum Gasteiger partial charge on any atom is -0.461 e. The minimum absolute atomic E-state index is 0.736. The number of fused-ring (bicyclic) bond motifs is 1. The van der Waals surface area contributed by atoms with E-state index in [-0.39, 0.29) is 0 Å². The van der Waals surface area contributed by atoms with Crippen LogP contribution in [0.25, 0.3) is 11.0 Å². The highest BCUT2D eigenvalue weighted by Crippen LogP contribution is 2.27. The molecule has 0 aliphatic carbocycles. The number of aryl methyl sites for hydroxylation is 1. The first kappa shape index (κ1) is 14.1. The van der Waals surface area contributed by atoms with E-state index >= 15 is 0 Å².